The number of nitrogens with one attached hydrogen (secondary N) is 1. The maximum Gasteiger partial charge on any atom is 0.267 e. The van der Waals surface area contributed by atoms with E-state index in [-0.39, 0.29) is 17.9 Å². The van der Waals surface area contributed by atoms with Gasteiger partial charge in [-0.05, 0) is 40.6 Å². The van der Waals surface area contributed by atoms with Crippen LogP contribution in [0.2, 0.25) is 0 Å². The van der Waals surface area contributed by atoms with Crippen molar-refractivity contribution in [2.24, 2.45) is 5.84 Å². The number of halogens is 1. The third-order valence-electron chi connectivity index (χ3n) is 3.16. The van der Waals surface area contributed by atoms with E-state index in [1.54, 1.807) is 17.7 Å². The number of aryl methyl sites for hydroxylation is 1. The van der Waals surface area contributed by atoms with Crippen LogP contribution in [0, 0.1) is 10.5 Å². The maximum absolute atomic E-state index is 12.2. The topological polar surface area (TPSA) is 90.0 Å². The molecule has 0 saturated carbocycles. The van der Waals surface area contributed by atoms with E-state index >= 15 is 0 Å². The molecule has 0 bridgehead atoms. The fourth-order valence-electron chi connectivity index (χ4n) is 2.02. The number of rotatable bonds is 4. The molecule has 21 heavy (non-hydrogen) atoms. The van der Waals surface area contributed by atoms with Crippen molar-refractivity contribution in [1.82, 2.24) is 15.0 Å². The van der Waals surface area contributed by atoms with Crippen LogP contribution in [-0.4, -0.2) is 15.5 Å². The fraction of sp³-hybridized carbons (Fsp3) is 0.214. The Labute approximate surface area is 135 Å². The minimum atomic E-state index is -0.271. The van der Waals surface area contributed by atoms with E-state index in [0.29, 0.717) is 15.9 Å². The van der Waals surface area contributed by atoms with Crippen LogP contribution < -0.4 is 16.8 Å². The maximum atomic E-state index is 12.2. The lowest BCUT2D eigenvalue weighted by Crippen LogP contribution is -2.32. The molecule has 3 N–H and O–H groups in total. The number of hydrogen-bond acceptors (Lipinski definition) is 4. The molecule has 6 nitrogen and oxygen atoms in total. The average Bonchev–Trinajstić information content (AvgIpc) is 2.49. The summed E-state index contributed by atoms with van der Waals surface area (Å²) in [6, 6.07) is 7.48. The van der Waals surface area contributed by atoms with Crippen LogP contribution in [0.15, 0.2) is 35.3 Å². The summed E-state index contributed by atoms with van der Waals surface area (Å²) in [5.41, 5.74) is 3.77. The van der Waals surface area contributed by atoms with Gasteiger partial charge in [0.05, 0.1) is 16.5 Å². The largest absolute Gasteiger partial charge is 0.294 e. The molecule has 1 aromatic heterocycles. The number of carbonyl (C=O) groups is 1. The highest BCUT2D eigenvalue weighted by Crippen LogP contribution is 2.12. The van der Waals surface area contributed by atoms with Crippen molar-refractivity contribution < 1.29 is 4.79 Å². The zero-order valence-electron chi connectivity index (χ0n) is 11.5. The zero-order chi connectivity index (χ0) is 15.4. The molecule has 0 fully saturated rings. The van der Waals surface area contributed by atoms with Crippen LogP contribution in [0.3, 0.4) is 0 Å². The Morgan fingerprint density at radius 1 is 1.38 bits per heavy atom. The SMILES string of the molecule is Cc1ncc(I)c(=O)n1Cc1ccccc1CC(=O)NN. The van der Waals surface area contributed by atoms with Gasteiger partial charge in [-0.25, -0.2) is 10.8 Å². The van der Waals surface area contributed by atoms with Crippen LogP contribution in [-0.2, 0) is 17.8 Å². The number of nitrogens with two attached hydrogens (primary N) is 1. The lowest BCUT2D eigenvalue weighted by Gasteiger charge is -2.13. The van der Waals surface area contributed by atoms with Crippen molar-refractivity contribution in [1.29, 1.82) is 0 Å². The first-order chi connectivity index (χ1) is 10.0. The van der Waals surface area contributed by atoms with Gasteiger partial charge in [-0.2, -0.15) is 0 Å². The van der Waals surface area contributed by atoms with Gasteiger partial charge < -0.3 is 0 Å². The number of amides is 1. The lowest BCUT2D eigenvalue weighted by molar-refractivity contribution is -0.120. The Bertz CT molecular complexity index is 727. The summed E-state index contributed by atoms with van der Waals surface area (Å²) in [7, 11) is 0. The second kappa shape index (κ2) is 6.81. The summed E-state index contributed by atoms with van der Waals surface area (Å²) >= 11 is 1.97. The highest BCUT2D eigenvalue weighted by Gasteiger charge is 2.10. The molecule has 1 heterocycles. The molecule has 0 saturated heterocycles. The second-order valence-electron chi connectivity index (χ2n) is 4.56. The molecule has 7 heteroatoms. The van der Waals surface area contributed by atoms with Crippen LogP contribution in [0.25, 0.3) is 0 Å². The Balaban J connectivity index is 2.39. The first-order valence-electron chi connectivity index (χ1n) is 6.31. The van der Waals surface area contributed by atoms with Crippen molar-refractivity contribution in [2.75, 3.05) is 0 Å². The summed E-state index contributed by atoms with van der Waals surface area (Å²) in [6.45, 7) is 2.16. The molecule has 0 atom stereocenters. The van der Waals surface area contributed by atoms with E-state index in [4.69, 9.17) is 5.84 Å². The Morgan fingerprint density at radius 3 is 2.71 bits per heavy atom. The van der Waals surface area contributed by atoms with Gasteiger partial charge in [0.1, 0.15) is 5.82 Å². The number of nitrogens with zero attached hydrogens (tertiary/aromatic N) is 2. The van der Waals surface area contributed by atoms with Crippen LogP contribution in [0.5, 0.6) is 0 Å². The minimum Gasteiger partial charge on any atom is -0.294 e. The van der Waals surface area contributed by atoms with Crippen LogP contribution in [0.1, 0.15) is 17.0 Å². The van der Waals surface area contributed by atoms with Crippen molar-refractivity contribution in [2.45, 2.75) is 19.9 Å². The highest BCUT2D eigenvalue weighted by molar-refractivity contribution is 14.1. The van der Waals surface area contributed by atoms with Gasteiger partial charge in [-0.3, -0.25) is 19.6 Å². The molecule has 0 aliphatic heterocycles. The summed E-state index contributed by atoms with van der Waals surface area (Å²) in [6.07, 6.45) is 1.74. The molecule has 2 rings (SSSR count). The van der Waals surface area contributed by atoms with Gasteiger partial charge in [0.2, 0.25) is 5.91 Å². The Kier molecular flexibility index (Phi) is 5.07. The molecule has 0 aliphatic carbocycles. The summed E-state index contributed by atoms with van der Waals surface area (Å²) in [4.78, 5) is 27.9. The van der Waals surface area contributed by atoms with E-state index < -0.39 is 0 Å². The molecule has 0 spiro atoms. The minimum absolute atomic E-state index is 0.0822. The smallest absolute Gasteiger partial charge is 0.267 e. The fourth-order valence-corrected chi connectivity index (χ4v) is 2.45. The predicted molar refractivity (Wildman–Crippen MR) is 87.5 cm³/mol. The van der Waals surface area contributed by atoms with Gasteiger partial charge in [-0.1, -0.05) is 24.3 Å². The quantitative estimate of drug-likeness (QED) is 0.344. The molecule has 1 amide bonds. The molecule has 1 aromatic carbocycles. The first-order valence-corrected chi connectivity index (χ1v) is 7.39. The second-order valence-corrected chi connectivity index (χ2v) is 5.72. The molecule has 2 aromatic rings. The van der Waals surface area contributed by atoms with Crippen LogP contribution in [0.4, 0.5) is 0 Å². The highest BCUT2D eigenvalue weighted by atomic mass is 127. The normalized spacial score (nSPS) is 10.4. The van der Waals surface area contributed by atoms with Crippen molar-refractivity contribution in [3.63, 3.8) is 0 Å². The number of hydrazine groups is 1. The molecule has 0 radical (unpaired) electrons. The van der Waals surface area contributed by atoms with Gasteiger partial charge >= 0.3 is 0 Å². The Morgan fingerprint density at radius 2 is 2.05 bits per heavy atom. The molecular weight excluding hydrogens is 383 g/mol. The third kappa shape index (κ3) is 3.67. The van der Waals surface area contributed by atoms with Gasteiger partial charge in [0, 0.05) is 6.20 Å². The number of aromatic nitrogens is 2. The van der Waals surface area contributed by atoms with Crippen molar-refractivity contribution in [3.05, 3.63) is 61.3 Å². The van der Waals surface area contributed by atoms with Gasteiger partial charge in [0.25, 0.3) is 5.56 Å². The summed E-state index contributed by atoms with van der Waals surface area (Å²) in [5, 5.41) is 0. The summed E-state index contributed by atoms with van der Waals surface area (Å²) in [5.74, 6) is 5.49. The van der Waals surface area contributed by atoms with E-state index in [0.717, 1.165) is 11.1 Å². The third-order valence-corrected chi connectivity index (χ3v) is 3.90. The average molecular weight is 398 g/mol. The predicted octanol–water partition coefficient (Wildman–Crippen LogP) is 0.737. The van der Waals surface area contributed by atoms with Crippen molar-refractivity contribution in [3.8, 4) is 0 Å². The van der Waals surface area contributed by atoms with Gasteiger partial charge in [-0.15, -0.1) is 0 Å². The first kappa shape index (κ1) is 15.6. The standard InChI is InChI=1S/C14H15IN4O2/c1-9-17-7-12(15)14(21)19(9)8-11-5-3-2-4-10(11)6-13(20)18-16/h2-5,7H,6,8,16H2,1H3,(H,18,20). The zero-order valence-corrected chi connectivity index (χ0v) is 13.6. The van der Waals surface area contributed by atoms with Crippen molar-refractivity contribution >= 4 is 28.5 Å². The van der Waals surface area contributed by atoms with E-state index in [9.17, 15) is 9.59 Å². The molecule has 0 unspecified atom stereocenters. The summed E-state index contributed by atoms with van der Waals surface area (Å²) < 4.78 is 2.16. The van der Waals surface area contributed by atoms with Gasteiger partial charge in [0.15, 0.2) is 0 Å². The van der Waals surface area contributed by atoms with Crippen LogP contribution >= 0.6 is 22.6 Å². The number of benzene rings is 1. The van der Waals surface area contributed by atoms with E-state index in [1.165, 1.54) is 0 Å². The molecule has 0 aliphatic rings. The number of carbonyl (C=O) groups excluding carboxylic acids is 1. The van der Waals surface area contributed by atoms with E-state index in [2.05, 4.69) is 10.4 Å². The number of hydrogen-bond donors (Lipinski definition) is 2. The molecular formula is C14H15IN4O2. The lowest BCUT2D eigenvalue weighted by atomic mass is 10.0. The molecule has 110 valence electrons. The Hall–Kier alpha value is -1.74. The monoisotopic (exact) mass is 398 g/mol. The van der Waals surface area contributed by atoms with E-state index in [1.807, 2.05) is 46.9 Å².